The number of carbonyl (C=O) groups excluding carboxylic acids is 2. The first-order valence-electron chi connectivity index (χ1n) is 12.1. The van der Waals surface area contributed by atoms with Crippen LogP contribution in [0, 0.1) is 5.82 Å². The number of hydrogen-bond acceptors (Lipinski definition) is 7. The monoisotopic (exact) mass is 527 g/mol. The summed E-state index contributed by atoms with van der Waals surface area (Å²) in [4.78, 5) is 43.2. The van der Waals surface area contributed by atoms with Gasteiger partial charge in [-0.05, 0) is 43.4 Å². The van der Waals surface area contributed by atoms with Crippen molar-refractivity contribution in [1.29, 1.82) is 0 Å². The van der Waals surface area contributed by atoms with E-state index in [1.807, 2.05) is 0 Å². The number of rotatable bonds is 3. The van der Waals surface area contributed by atoms with E-state index in [1.165, 1.54) is 17.6 Å². The van der Waals surface area contributed by atoms with Crippen molar-refractivity contribution in [3.8, 4) is 11.4 Å². The zero-order valence-electron chi connectivity index (χ0n) is 20.0. The number of benzene rings is 1. The van der Waals surface area contributed by atoms with Crippen LogP contribution in [0.3, 0.4) is 0 Å². The summed E-state index contributed by atoms with van der Waals surface area (Å²) >= 11 is 6.34. The number of pyridine rings is 2. The van der Waals surface area contributed by atoms with E-state index in [1.54, 1.807) is 13.0 Å². The lowest BCUT2D eigenvalue weighted by Crippen LogP contribution is -2.44. The third-order valence-corrected chi connectivity index (χ3v) is 8.15. The zero-order valence-corrected chi connectivity index (χ0v) is 20.8. The number of halogens is 2. The number of ether oxygens (including phenoxy) is 1. The molecule has 0 saturated heterocycles. The number of aromatic nitrogens is 2. The maximum atomic E-state index is 14.8. The molecule has 2 aliphatic heterocycles. The van der Waals surface area contributed by atoms with Gasteiger partial charge in [-0.1, -0.05) is 18.5 Å². The Balaban J connectivity index is 1.65. The van der Waals surface area contributed by atoms with Crippen molar-refractivity contribution < 1.29 is 28.9 Å². The predicted molar refractivity (Wildman–Crippen MR) is 130 cm³/mol. The van der Waals surface area contributed by atoms with E-state index in [2.05, 4.69) is 5.32 Å². The molecule has 11 heteroatoms. The first kappa shape index (κ1) is 24.0. The largest absolute Gasteiger partial charge is 0.458 e. The van der Waals surface area contributed by atoms with Crippen LogP contribution in [0.2, 0.25) is 5.02 Å². The van der Waals surface area contributed by atoms with E-state index in [-0.39, 0.29) is 35.7 Å². The first-order chi connectivity index (χ1) is 17.6. The first-order valence-corrected chi connectivity index (χ1v) is 12.4. The summed E-state index contributed by atoms with van der Waals surface area (Å²) in [6.07, 6.45) is -0.444. The molecule has 192 valence electrons. The summed E-state index contributed by atoms with van der Waals surface area (Å²) in [6.45, 7) is 2.84. The number of nitrogens with one attached hydrogen (secondary N) is 1. The van der Waals surface area contributed by atoms with E-state index in [4.69, 9.17) is 21.3 Å². The molecule has 1 aromatic carbocycles. The van der Waals surface area contributed by atoms with Gasteiger partial charge < -0.3 is 24.8 Å². The molecule has 9 nitrogen and oxygen atoms in total. The maximum absolute atomic E-state index is 14.8. The summed E-state index contributed by atoms with van der Waals surface area (Å²) in [6, 6.07) is 2.27. The Morgan fingerprint density at radius 3 is 2.81 bits per heavy atom. The number of fused-ring (bicyclic) bond motifs is 5. The topological polar surface area (TPSA) is 131 Å². The fourth-order valence-electron chi connectivity index (χ4n) is 5.79. The third kappa shape index (κ3) is 3.22. The highest BCUT2D eigenvalue weighted by molar-refractivity contribution is 6.32. The Labute approximate surface area is 214 Å². The highest BCUT2D eigenvalue weighted by Gasteiger charge is 2.46. The Bertz CT molecular complexity index is 1620. The average Bonchev–Trinajstić information content (AvgIpc) is 3.24. The molecule has 37 heavy (non-hydrogen) atoms. The molecule has 3 atom stereocenters. The quantitative estimate of drug-likeness (QED) is 0.349. The number of amides is 1. The van der Waals surface area contributed by atoms with Crippen molar-refractivity contribution >= 4 is 34.4 Å². The minimum Gasteiger partial charge on any atom is -0.458 e. The second-order valence-corrected chi connectivity index (χ2v) is 10.2. The number of carbonyl (C=O) groups is 2. The number of cyclic esters (lactones) is 1. The van der Waals surface area contributed by atoms with Crippen LogP contribution in [0.4, 0.5) is 4.39 Å². The molecule has 6 rings (SSSR count). The Morgan fingerprint density at radius 2 is 2.11 bits per heavy atom. The second-order valence-electron chi connectivity index (χ2n) is 9.78. The summed E-state index contributed by atoms with van der Waals surface area (Å²) in [5, 5.41) is 24.4. The van der Waals surface area contributed by atoms with Crippen molar-refractivity contribution in [2.24, 2.45) is 0 Å². The minimum absolute atomic E-state index is 0.00546. The van der Waals surface area contributed by atoms with E-state index in [9.17, 15) is 29.0 Å². The smallest absolute Gasteiger partial charge is 0.343 e. The van der Waals surface area contributed by atoms with E-state index in [0.29, 0.717) is 51.8 Å². The molecule has 0 fully saturated rings. The fraction of sp³-hybridized carbons (Fsp3) is 0.385. The number of nitrogens with zero attached hydrogens (tertiary/aromatic N) is 2. The van der Waals surface area contributed by atoms with E-state index in [0.717, 1.165) is 0 Å². The van der Waals surface area contributed by atoms with Gasteiger partial charge in [0, 0.05) is 22.6 Å². The van der Waals surface area contributed by atoms with Gasteiger partial charge in [-0.25, -0.2) is 14.2 Å². The molecule has 0 unspecified atom stereocenters. The molecule has 3 N–H and O–H groups in total. The highest BCUT2D eigenvalue weighted by atomic mass is 35.5. The van der Waals surface area contributed by atoms with Gasteiger partial charge in [0.2, 0.25) is 5.91 Å². The van der Waals surface area contributed by atoms with Crippen LogP contribution < -0.4 is 10.9 Å². The summed E-state index contributed by atoms with van der Waals surface area (Å²) < 4.78 is 21.4. The van der Waals surface area contributed by atoms with Crippen molar-refractivity contribution in [3.63, 3.8) is 0 Å². The molecule has 0 bridgehead atoms. The zero-order chi connectivity index (χ0) is 26.4. The van der Waals surface area contributed by atoms with Crippen LogP contribution >= 0.6 is 11.6 Å². The van der Waals surface area contributed by atoms with Gasteiger partial charge in [-0.3, -0.25) is 9.59 Å². The maximum Gasteiger partial charge on any atom is 0.343 e. The lowest BCUT2D eigenvalue weighted by Gasteiger charge is -2.31. The van der Waals surface area contributed by atoms with Crippen molar-refractivity contribution in [3.05, 3.63) is 61.1 Å². The van der Waals surface area contributed by atoms with Gasteiger partial charge in [0.15, 0.2) is 5.60 Å². The number of aliphatic hydroxyl groups is 2. The summed E-state index contributed by atoms with van der Waals surface area (Å²) in [5.74, 6) is -2.01. The van der Waals surface area contributed by atoms with Gasteiger partial charge in [-0.15, -0.1) is 0 Å². The molecule has 4 heterocycles. The highest BCUT2D eigenvalue weighted by Crippen LogP contribution is 2.46. The number of esters is 1. The van der Waals surface area contributed by atoms with Crippen LogP contribution in [0.5, 0.6) is 0 Å². The number of hydrogen-bond donors (Lipinski definition) is 3. The molecule has 0 radical (unpaired) electrons. The van der Waals surface area contributed by atoms with Gasteiger partial charge in [-0.2, -0.15) is 0 Å². The summed E-state index contributed by atoms with van der Waals surface area (Å²) in [7, 11) is 0. The SMILES string of the molecule is CC[C@@]1(O)C(=O)OCc2c1cc1n(c2=O)Cc2c-1nc1cc(F)c(Cl)c3c1c2[C@H](NC(=O)[C@H](C)O)CC3. The Hall–Kier alpha value is -3.34. The fourth-order valence-corrected chi connectivity index (χ4v) is 6.03. The van der Waals surface area contributed by atoms with Crippen LogP contribution in [-0.2, 0) is 39.5 Å². The summed E-state index contributed by atoms with van der Waals surface area (Å²) in [5.41, 5.74) is 0.932. The molecule has 0 spiro atoms. The predicted octanol–water partition coefficient (Wildman–Crippen LogP) is 2.36. The van der Waals surface area contributed by atoms with Crippen LogP contribution in [0.15, 0.2) is 16.9 Å². The Kier molecular flexibility index (Phi) is 5.24. The normalized spacial score (nSPS) is 22.2. The molecule has 1 amide bonds. The van der Waals surface area contributed by atoms with E-state index < -0.39 is 41.0 Å². The number of aryl methyl sites for hydroxylation is 1. The number of aliphatic hydroxyl groups excluding tert-OH is 1. The minimum atomic E-state index is -1.98. The van der Waals surface area contributed by atoms with E-state index >= 15 is 0 Å². The third-order valence-electron chi connectivity index (χ3n) is 7.74. The van der Waals surface area contributed by atoms with Gasteiger partial charge in [0.05, 0.1) is 40.1 Å². The lowest BCUT2D eigenvalue weighted by molar-refractivity contribution is -0.172. The van der Waals surface area contributed by atoms with Crippen molar-refractivity contribution in [2.75, 3.05) is 0 Å². The Morgan fingerprint density at radius 1 is 1.35 bits per heavy atom. The van der Waals surface area contributed by atoms with Crippen LogP contribution in [-0.4, -0.2) is 37.7 Å². The van der Waals surface area contributed by atoms with Crippen molar-refractivity contribution in [1.82, 2.24) is 14.9 Å². The van der Waals surface area contributed by atoms with Gasteiger partial charge in [0.1, 0.15) is 18.5 Å². The van der Waals surface area contributed by atoms with Crippen LogP contribution in [0.1, 0.15) is 60.5 Å². The molecular formula is C26H23ClFN3O6. The lowest BCUT2D eigenvalue weighted by atomic mass is 9.83. The molecular weight excluding hydrogens is 505 g/mol. The second kappa shape index (κ2) is 8.08. The van der Waals surface area contributed by atoms with Crippen molar-refractivity contribution in [2.45, 2.75) is 64.0 Å². The average molecular weight is 528 g/mol. The molecule has 3 aromatic rings. The molecule has 0 saturated carbocycles. The van der Waals surface area contributed by atoms with Crippen LogP contribution in [0.25, 0.3) is 22.3 Å². The standard InChI is InChI=1S/C26H23ClFN3O6/c1-3-26(36)14-6-18-22-12(8-31(18)24(34)13(14)9-37-25(26)35)20-16(30-23(33)10(2)32)5-4-11-19(20)17(29-22)7-15(28)21(11)27/h6-7,10,16,32,36H,3-5,8-9H2,1-2H3,(H,30,33)/t10-,16+,26-/m0/s1. The van der Waals surface area contributed by atoms with Gasteiger partial charge >= 0.3 is 5.97 Å². The molecule has 1 aliphatic carbocycles. The molecule has 2 aromatic heterocycles. The van der Waals surface area contributed by atoms with Gasteiger partial charge in [0.25, 0.3) is 5.56 Å². The molecule has 3 aliphatic rings.